The van der Waals surface area contributed by atoms with Gasteiger partial charge in [-0.3, -0.25) is 4.79 Å². The van der Waals surface area contributed by atoms with E-state index in [-0.39, 0.29) is 23.2 Å². The number of carboxylic acid groups (broad SMARTS) is 1. The summed E-state index contributed by atoms with van der Waals surface area (Å²) in [6, 6.07) is 14.2. The minimum atomic E-state index is -1.04. The summed E-state index contributed by atoms with van der Waals surface area (Å²) >= 11 is 0. The van der Waals surface area contributed by atoms with Crippen LogP contribution in [0.25, 0.3) is 0 Å². The molecule has 0 radical (unpaired) electrons. The molecule has 1 amide bonds. The van der Waals surface area contributed by atoms with Gasteiger partial charge in [-0.05, 0) is 39.7 Å². The number of amides is 1. The van der Waals surface area contributed by atoms with Gasteiger partial charge >= 0.3 is 5.97 Å². The molecule has 0 fully saturated rings. The quantitative estimate of drug-likeness (QED) is 0.788. The van der Waals surface area contributed by atoms with E-state index in [0.29, 0.717) is 5.56 Å². The molecule has 2 aromatic carbocycles. The van der Waals surface area contributed by atoms with Crippen LogP contribution in [-0.2, 0) is 22.0 Å². The highest BCUT2D eigenvalue weighted by Crippen LogP contribution is 2.23. The van der Waals surface area contributed by atoms with Gasteiger partial charge in [0.2, 0.25) is 0 Å². The van der Waals surface area contributed by atoms with Crippen molar-refractivity contribution < 1.29 is 14.7 Å². The second-order valence-electron chi connectivity index (χ2n) is 9.34. The molecule has 0 aliphatic heterocycles. The Morgan fingerprint density at radius 3 is 1.64 bits per heavy atom. The lowest BCUT2D eigenvalue weighted by molar-refractivity contribution is -0.139. The first-order valence-corrected chi connectivity index (χ1v) is 9.61. The SMILES string of the molecule is CC(C)(C)c1ccc(C[C@H](NC(=O)c2ccc(C(C)(C)C)cc2)C(=O)O)cc1. The molecule has 28 heavy (non-hydrogen) atoms. The van der Waals surface area contributed by atoms with E-state index in [1.54, 1.807) is 12.1 Å². The molecule has 1 atom stereocenters. The number of aliphatic carboxylic acids is 1. The molecular weight excluding hydrogens is 350 g/mol. The highest BCUT2D eigenvalue weighted by molar-refractivity contribution is 5.96. The fourth-order valence-corrected chi connectivity index (χ4v) is 2.94. The number of rotatable bonds is 5. The van der Waals surface area contributed by atoms with Gasteiger partial charge < -0.3 is 10.4 Å². The summed E-state index contributed by atoms with van der Waals surface area (Å²) in [5, 5.41) is 12.2. The first-order valence-electron chi connectivity index (χ1n) is 9.61. The molecular formula is C24H31NO3. The maximum Gasteiger partial charge on any atom is 0.326 e. The smallest absolute Gasteiger partial charge is 0.326 e. The third kappa shape index (κ3) is 5.69. The van der Waals surface area contributed by atoms with Crippen LogP contribution in [0, 0.1) is 0 Å². The Kier molecular flexibility index (Phi) is 6.33. The van der Waals surface area contributed by atoms with E-state index in [1.165, 1.54) is 5.56 Å². The fraction of sp³-hybridized carbons (Fsp3) is 0.417. The molecule has 0 aliphatic carbocycles. The molecule has 4 nitrogen and oxygen atoms in total. The molecule has 2 aromatic rings. The highest BCUT2D eigenvalue weighted by Gasteiger charge is 2.22. The van der Waals surface area contributed by atoms with Crippen LogP contribution in [0.1, 0.15) is 68.6 Å². The lowest BCUT2D eigenvalue weighted by atomic mass is 9.86. The summed E-state index contributed by atoms with van der Waals surface area (Å²) in [6.07, 6.45) is 0.242. The van der Waals surface area contributed by atoms with Crippen molar-refractivity contribution in [2.75, 3.05) is 0 Å². The van der Waals surface area contributed by atoms with Crippen LogP contribution >= 0.6 is 0 Å². The van der Waals surface area contributed by atoms with Crippen LogP contribution in [0.15, 0.2) is 48.5 Å². The van der Waals surface area contributed by atoms with Crippen molar-refractivity contribution in [1.29, 1.82) is 0 Å². The van der Waals surface area contributed by atoms with Gasteiger partial charge in [-0.15, -0.1) is 0 Å². The van der Waals surface area contributed by atoms with Gasteiger partial charge in [-0.1, -0.05) is 77.9 Å². The Hall–Kier alpha value is -2.62. The third-order valence-corrected chi connectivity index (χ3v) is 4.88. The van der Waals surface area contributed by atoms with Crippen molar-refractivity contribution >= 4 is 11.9 Å². The molecule has 0 saturated heterocycles. The lowest BCUT2D eigenvalue weighted by Crippen LogP contribution is -2.42. The summed E-state index contributed by atoms with van der Waals surface area (Å²) < 4.78 is 0. The summed E-state index contributed by atoms with van der Waals surface area (Å²) in [4.78, 5) is 24.2. The number of hydrogen-bond donors (Lipinski definition) is 2. The van der Waals surface area contributed by atoms with Crippen LogP contribution in [0.4, 0.5) is 0 Å². The maximum atomic E-state index is 12.5. The van der Waals surface area contributed by atoms with E-state index in [9.17, 15) is 14.7 Å². The number of carbonyl (C=O) groups is 2. The van der Waals surface area contributed by atoms with E-state index < -0.39 is 12.0 Å². The van der Waals surface area contributed by atoms with E-state index in [0.717, 1.165) is 11.1 Å². The molecule has 0 unspecified atom stereocenters. The monoisotopic (exact) mass is 381 g/mol. The minimum absolute atomic E-state index is 0.00216. The molecule has 150 valence electrons. The normalized spacial score (nSPS) is 13.1. The summed E-state index contributed by atoms with van der Waals surface area (Å²) in [5.74, 6) is -1.42. The zero-order chi connectivity index (χ0) is 21.1. The molecule has 0 saturated carbocycles. The lowest BCUT2D eigenvalue weighted by Gasteiger charge is -2.20. The zero-order valence-electron chi connectivity index (χ0n) is 17.7. The third-order valence-electron chi connectivity index (χ3n) is 4.88. The van der Waals surface area contributed by atoms with Crippen LogP contribution < -0.4 is 5.32 Å². The number of benzene rings is 2. The van der Waals surface area contributed by atoms with Crippen LogP contribution in [0.5, 0.6) is 0 Å². The molecule has 4 heteroatoms. The predicted octanol–water partition coefficient (Wildman–Crippen LogP) is 4.71. The number of hydrogen-bond acceptors (Lipinski definition) is 2. The van der Waals surface area contributed by atoms with Gasteiger partial charge in [-0.2, -0.15) is 0 Å². The van der Waals surface area contributed by atoms with Crippen molar-refractivity contribution in [1.82, 2.24) is 5.32 Å². The Bertz CT molecular complexity index is 822. The Labute approximate surface area is 168 Å². The van der Waals surface area contributed by atoms with Crippen molar-refractivity contribution in [3.05, 3.63) is 70.8 Å². The first-order chi connectivity index (χ1) is 12.9. The summed E-state index contributed by atoms with van der Waals surface area (Å²) in [6.45, 7) is 12.7. The van der Waals surface area contributed by atoms with Gasteiger partial charge in [0.15, 0.2) is 0 Å². The largest absolute Gasteiger partial charge is 0.480 e. The van der Waals surface area contributed by atoms with E-state index in [4.69, 9.17) is 0 Å². The molecule has 0 bridgehead atoms. The number of carbonyl (C=O) groups excluding carboxylic acids is 1. The van der Waals surface area contributed by atoms with Crippen LogP contribution in [0.2, 0.25) is 0 Å². The highest BCUT2D eigenvalue weighted by atomic mass is 16.4. The van der Waals surface area contributed by atoms with Crippen molar-refractivity contribution in [3.8, 4) is 0 Å². The minimum Gasteiger partial charge on any atom is -0.480 e. The van der Waals surface area contributed by atoms with Gasteiger partial charge in [-0.25, -0.2) is 4.79 Å². The molecule has 2 rings (SSSR count). The van der Waals surface area contributed by atoms with Gasteiger partial charge in [0.05, 0.1) is 0 Å². The van der Waals surface area contributed by atoms with Gasteiger partial charge in [0.1, 0.15) is 6.04 Å². The topological polar surface area (TPSA) is 66.4 Å². The van der Waals surface area contributed by atoms with Crippen LogP contribution in [-0.4, -0.2) is 23.0 Å². The zero-order valence-corrected chi connectivity index (χ0v) is 17.7. The molecule has 0 aromatic heterocycles. The molecule has 0 heterocycles. The van der Waals surface area contributed by atoms with Crippen molar-refractivity contribution in [2.45, 2.75) is 64.8 Å². The standard InChI is InChI=1S/C24H31NO3/c1-23(2,3)18-11-7-16(8-12-18)15-20(22(27)28)25-21(26)17-9-13-19(14-10-17)24(4,5)6/h7-14,20H,15H2,1-6H3,(H,25,26)(H,27,28)/t20-/m0/s1. The van der Waals surface area contributed by atoms with Gasteiger partial charge in [0.25, 0.3) is 5.91 Å². The summed E-state index contributed by atoms with van der Waals surface area (Å²) in [7, 11) is 0. The first kappa shape index (κ1) is 21.7. The average molecular weight is 382 g/mol. The number of carboxylic acids is 1. The van der Waals surface area contributed by atoms with Crippen LogP contribution in [0.3, 0.4) is 0 Å². The Morgan fingerprint density at radius 1 is 0.821 bits per heavy atom. The van der Waals surface area contributed by atoms with E-state index in [2.05, 4.69) is 46.9 Å². The van der Waals surface area contributed by atoms with Crippen molar-refractivity contribution in [3.63, 3.8) is 0 Å². The Morgan fingerprint density at radius 2 is 1.25 bits per heavy atom. The number of nitrogens with one attached hydrogen (secondary N) is 1. The van der Waals surface area contributed by atoms with E-state index in [1.807, 2.05) is 36.4 Å². The molecule has 2 N–H and O–H groups in total. The van der Waals surface area contributed by atoms with Gasteiger partial charge in [0, 0.05) is 12.0 Å². The van der Waals surface area contributed by atoms with E-state index >= 15 is 0 Å². The fourth-order valence-electron chi connectivity index (χ4n) is 2.94. The second kappa shape index (κ2) is 8.17. The Balaban J connectivity index is 2.10. The maximum absolute atomic E-state index is 12.5. The second-order valence-corrected chi connectivity index (χ2v) is 9.34. The predicted molar refractivity (Wildman–Crippen MR) is 113 cm³/mol. The van der Waals surface area contributed by atoms with Crippen molar-refractivity contribution in [2.24, 2.45) is 0 Å². The molecule has 0 spiro atoms. The average Bonchev–Trinajstić information content (AvgIpc) is 2.60. The molecule has 0 aliphatic rings. The summed E-state index contributed by atoms with van der Waals surface area (Å²) in [5.41, 5.74) is 3.69.